The molecule has 3 rings (SSSR count). The quantitative estimate of drug-likeness (QED) is 0.286. The first kappa shape index (κ1) is 26.8. The number of esters is 1. The lowest BCUT2D eigenvalue weighted by molar-refractivity contribution is -0.155. The van der Waals surface area contributed by atoms with Crippen LogP contribution in [0.2, 0.25) is 0 Å². The first-order valence-corrected chi connectivity index (χ1v) is 11.6. The summed E-state index contributed by atoms with van der Waals surface area (Å²) in [5, 5.41) is 10.3. The van der Waals surface area contributed by atoms with Gasteiger partial charge >= 0.3 is 5.97 Å². The van der Waals surface area contributed by atoms with Gasteiger partial charge in [-0.25, -0.2) is 13.8 Å². The summed E-state index contributed by atoms with van der Waals surface area (Å²) in [4.78, 5) is 30.1. The number of hydrogen-bond donors (Lipinski definition) is 1. The van der Waals surface area contributed by atoms with E-state index in [9.17, 15) is 23.5 Å². The summed E-state index contributed by atoms with van der Waals surface area (Å²) in [6, 6.07) is 13.0. The highest BCUT2D eigenvalue weighted by molar-refractivity contribution is 5.99. The van der Waals surface area contributed by atoms with E-state index in [2.05, 4.69) is 4.98 Å². The Morgan fingerprint density at radius 2 is 1.44 bits per heavy atom. The Morgan fingerprint density at radius 3 is 1.92 bits per heavy atom. The van der Waals surface area contributed by atoms with Crippen LogP contribution in [0.25, 0.3) is 0 Å². The normalized spacial score (nSPS) is 12.9. The monoisotopic (exact) mass is 497 g/mol. The van der Waals surface area contributed by atoms with Crippen LogP contribution in [0.3, 0.4) is 0 Å². The molecule has 2 atom stereocenters. The van der Waals surface area contributed by atoms with E-state index in [-0.39, 0.29) is 29.5 Å². The van der Waals surface area contributed by atoms with Crippen molar-refractivity contribution in [3.05, 3.63) is 89.2 Å². The van der Waals surface area contributed by atoms with Gasteiger partial charge in [0.25, 0.3) is 0 Å². The lowest BCUT2D eigenvalue weighted by atomic mass is 9.86. The number of aromatic nitrogens is 1. The van der Waals surface area contributed by atoms with Crippen molar-refractivity contribution in [3.63, 3.8) is 0 Å². The average Bonchev–Trinajstić information content (AvgIpc) is 2.84. The van der Waals surface area contributed by atoms with Crippen LogP contribution < -0.4 is 4.74 Å². The molecule has 3 aromatic rings. The second kappa shape index (κ2) is 11.7. The van der Waals surface area contributed by atoms with E-state index in [0.29, 0.717) is 11.1 Å². The van der Waals surface area contributed by atoms with Crippen LogP contribution in [0.5, 0.6) is 11.5 Å². The molecule has 0 amide bonds. The molecule has 8 heteroatoms. The molecule has 0 saturated carbocycles. The lowest BCUT2D eigenvalue weighted by Crippen LogP contribution is -2.31. The van der Waals surface area contributed by atoms with Crippen LogP contribution in [0.1, 0.15) is 54.7 Å². The number of Topliss-reactive ketones (excluding diaryl/α,β-unsaturated/α-hetero) is 1. The number of carbonyl (C=O) groups excluding carboxylic acids is 2. The molecule has 0 aliphatic carbocycles. The van der Waals surface area contributed by atoms with Gasteiger partial charge in [0.15, 0.2) is 23.0 Å². The second-order valence-electron chi connectivity index (χ2n) is 8.91. The summed E-state index contributed by atoms with van der Waals surface area (Å²) < 4.78 is 38.0. The third-order valence-corrected chi connectivity index (χ3v) is 6.11. The molecule has 0 bridgehead atoms. The lowest BCUT2D eigenvalue weighted by Gasteiger charge is -2.28. The third kappa shape index (κ3) is 6.24. The van der Waals surface area contributed by atoms with Crippen LogP contribution in [-0.2, 0) is 9.53 Å². The van der Waals surface area contributed by atoms with Gasteiger partial charge in [0, 0.05) is 24.6 Å². The van der Waals surface area contributed by atoms with Crippen molar-refractivity contribution in [2.24, 2.45) is 11.8 Å². The molecular formula is C28H29F2NO5. The molecule has 190 valence electrons. The van der Waals surface area contributed by atoms with Crippen molar-refractivity contribution in [1.29, 1.82) is 0 Å². The van der Waals surface area contributed by atoms with Crippen molar-refractivity contribution >= 4 is 11.8 Å². The molecule has 0 spiro atoms. The topological polar surface area (TPSA) is 85.7 Å². The fourth-order valence-corrected chi connectivity index (χ4v) is 4.11. The van der Waals surface area contributed by atoms with Crippen molar-refractivity contribution in [2.45, 2.75) is 39.2 Å². The number of carbonyl (C=O) groups is 2. The largest absolute Gasteiger partial charge is 0.503 e. The van der Waals surface area contributed by atoms with E-state index in [1.165, 1.54) is 43.6 Å². The SMILES string of the molecule is COc1ccnc(C(=O)C[C@H](C(=O)O[C@@H](C)C(c2ccc(F)cc2)c2ccc(F)cc2)C(C)C)c1O. The number of pyridine rings is 1. The van der Waals surface area contributed by atoms with Crippen molar-refractivity contribution in [3.8, 4) is 11.5 Å². The highest BCUT2D eigenvalue weighted by Gasteiger charge is 2.32. The first-order chi connectivity index (χ1) is 17.1. The van der Waals surface area contributed by atoms with Crippen molar-refractivity contribution < 1.29 is 33.0 Å². The first-order valence-electron chi connectivity index (χ1n) is 11.6. The summed E-state index contributed by atoms with van der Waals surface area (Å²) in [6.07, 6.45) is 0.398. The van der Waals surface area contributed by atoms with Gasteiger partial charge in [-0.1, -0.05) is 38.1 Å². The van der Waals surface area contributed by atoms with Gasteiger partial charge in [-0.15, -0.1) is 0 Å². The molecule has 0 fully saturated rings. The number of aromatic hydroxyl groups is 1. The van der Waals surface area contributed by atoms with Crippen LogP contribution >= 0.6 is 0 Å². The number of benzene rings is 2. The van der Waals surface area contributed by atoms with Gasteiger partial charge in [0.1, 0.15) is 17.7 Å². The number of hydrogen-bond acceptors (Lipinski definition) is 6. The molecule has 1 aromatic heterocycles. The number of methoxy groups -OCH3 is 1. The van der Waals surface area contributed by atoms with E-state index >= 15 is 0 Å². The maximum atomic E-state index is 13.6. The fourth-order valence-electron chi connectivity index (χ4n) is 4.11. The standard InChI is InChI=1S/C28H29F2NO5/c1-16(2)22(15-23(32)26-27(33)24(35-4)13-14-31-26)28(34)36-17(3)25(18-5-9-20(29)10-6-18)19-7-11-21(30)12-8-19/h5-14,16-17,22,25,33H,15H2,1-4H3/t17-,22-/m0/s1. The number of halogens is 2. The molecule has 0 aliphatic rings. The average molecular weight is 498 g/mol. The minimum atomic E-state index is -0.811. The predicted molar refractivity (Wildman–Crippen MR) is 130 cm³/mol. The highest BCUT2D eigenvalue weighted by atomic mass is 19.1. The highest BCUT2D eigenvalue weighted by Crippen LogP contribution is 2.33. The third-order valence-electron chi connectivity index (χ3n) is 6.11. The molecule has 0 saturated heterocycles. The Morgan fingerprint density at radius 1 is 0.917 bits per heavy atom. The molecule has 2 aromatic carbocycles. The molecule has 0 radical (unpaired) electrons. The predicted octanol–water partition coefficient (Wildman–Crippen LogP) is 5.68. The maximum Gasteiger partial charge on any atom is 0.309 e. The van der Waals surface area contributed by atoms with Gasteiger partial charge in [-0.2, -0.15) is 0 Å². The van der Waals surface area contributed by atoms with E-state index in [1.807, 2.05) is 0 Å². The Labute approximate surface area is 208 Å². The molecule has 1 heterocycles. The zero-order valence-corrected chi connectivity index (χ0v) is 20.6. The van der Waals surface area contributed by atoms with Gasteiger partial charge in [0.2, 0.25) is 0 Å². The summed E-state index contributed by atoms with van der Waals surface area (Å²) in [5.74, 6) is -3.78. The van der Waals surface area contributed by atoms with Gasteiger partial charge < -0.3 is 14.6 Å². The van der Waals surface area contributed by atoms with Gasteiger partial charge in [-0.3, -0.25) is 9.59 Å². The number of ketones is 1. The molecule has 1 N–H and O–H groups in total. The molecule has 0 aliphatic heterocycles. The number of ether oxygens (including phenoxy) is 2. The zero-order valence-electron chi connectivity index (χ0n) is 20.6. The van der Waals surface area contributed by atoms with Gasteiger partial charge in [-0.05, 0) is 48.2 Å². The van der Waals surface area contributed by atoms with E-state index in [4.69, 9.17) is 9.47 Å². The Bertz CT molecular complexity index is 1150. The van der Waals surface area contributed by atoms with E-state index in [0.717, 1.165) is 0 Å². The second-order valence-corrected chi connectivity index (χ2v) is 8.91. The molecule has 0 unspecified atom stereocenters. The van der Waals surface area contributed by atoms with Gasteiger partial charge in [0.05, 0.1) is 13.0 Å². The molecule has 6 nitrogen and oxygen atoms in total. The van der Waals surface area contributed by atoms with E-state index < -0.39 is 41.3 Å². The van der Waals surface area contributed by atoms with Crippen LogP contribution in [0.4, 0.5) is 8.78 Å². The summed E-state index contributed by atoms with van der Waals surface area (Å²) in [6.45, 7) is 5.28. The Balaban J connectivity index is 1.84. The fraction of sp³-hybridized carbons (Fsp3) is 0.321. The Hall–Kier alpha value is -3.81. The van der Waals surface area contributed by atoms with Crippen molar-refractivity contribution in [1.82, 2.24) is 4.98 Å². The smallest absolute Gasteiger partial charge is 0.309 e. The minimum Gasteiger partial charge on any atom is -0.503 e. The summed E-state index contributed by atoms with van der Waals surface area (Å²) >= 11 is 0. The summed E-state index contributed by atoms with van der Waals surface area (Å²) in [7, 11) is 1.36. The Kier molecular flexibility index (Phi) is 8.74. The maximum absolute atomic E-state index is 13.6. The van der Waals surface area contributed by atoms with Crippen molar-refractivity contribution in [2.75, 3.05) is 7.11 Å². The number of nitrogens with zero attached hydrogens (tertiary/aromatic N) is 1. The summed E-state index contributed by atoms with van der Waals surface area (Å²) in [5.41, 5.74) is 1.19. The van der Waals surface area contributed by atoms with E-state index in [1.54, 1.807) is 45.0 Å². The zero-order chi connectivity index (χ0) is 26.4. The van der Waals surface area contributed by atoms with Crippen LogP contribution in [-0.4, -0.2) is 35.1 Å². The molecule has 36 heavy (non-hydrogen) atoms. The van der Waals surface area contributed by atoms with Crippen LogP contribution in [0, 0.1) is 23.5 Å². The minimum absolute atomic E-state index is 0.104. The number of rotatable bonds is 10. The molecular weight excluding hydrogens is 468 g/mol. The van der Waals surface area contributed by atoms with Crippen LogP contribution in [0.15, 0.2) is 60.8 Å².